The molecule has 0 aliphatic heterocycles. The molecule has 0 aliphatic carbocycles. The molecule has 21 heavy (non-hydrogen) atoms. The number of aryl methyl sites for hydroxylation is 1. The number of para-hydroxylation sites is 1. The molecule has 3 rings (SSSR count). The van der Waals surface area contributed by atoms with Gasteiger partial charge in [0.25, 0.3) is 5.56 Å². The minimum atomic E-state index is -0.203. The van der Waals surface area contributed by atoms with Crippen LogP contribution in [0.1, 0.15) is 11.3 Å². The quantitative estimate of drug-likeness (QED) is 0.735. The van der Waals surface area contributed by atoms with Gasteiger partial charge >= 0.3 is 0 Å². The van der Waals surface area contributed by atoms with Crippen molar-refractivity contribution in [3.63, 3.8) is 0 Å². The van der Waals surface area contributed by atoms with Crippen molar-refractivity contribution in [1.29, 1.82) is 5.26 Å². The number of nitrogens with one attached hydrogen (secondary N) is 1. The maximum absolute atomic E-state index is 11.5. The van der Waals surface area contributed by atoms with Crippen LogP contribution in [0.15, 0.2) is 51.4 Å². The number of pyridine rings is 1. The van der Waals surface area contributed by atoms with Crippen molar-refractivity contribution < 1.29 is 0 Å². The van der Waals surface area contributed by atoms with Gasteiger partial charge in [0.05, 0.1) is 17.1 Å². The Balaban J connectivity index is 2.09. The Hall–Kier alpha value is -2.65. The van der Waals surface area contributed by atoms with Crippen molar-refractivity contribution in [2.45, 2.75) is 17.1 Å². The first-order valence-electron chi connectivity index (χ1n) is 6.21. The van der Waals surface area contributed by atoms with Gasteiger partial charge < -0.3 is 4.98 Å². The molecule has 5 nitrogen and oxygen atoms in total. The topological polar surface area (TPSA) is 82.4 Å². The van der Waals surface area contributed by atoms with Crippen LogP contribution in [0.3, 0.4) is 0 Å². The third-order valence-electron chi connectivity index (χ3n) is 2.86. The fourth-order valence-corrected chi connectivity index (χ4v) is 2.86. The number of fused-ring (bicyclic) bond motifs is 1. The fourth-order valence-electron chi connectivity index (χ4n) is 1.99. The van der Waals surface area contributed by atoms with Gasteiger partial charge in [-0.3, -0.25) is 4.79 Å². The number of nitriles is 1. The number of rotatable bonds is 2. The van der Waals surface area contributed by atoms with Crippen LogP contribution >= 0.6 is 11.8 Å². The second kappa shape index (κ2) is 5.38. The molecule has 0 radical (unpaired) electrons. The van der Waals surface area contributed by atoms with E-state index in [2.05, 4.69) is 21.0 Å². The Morgan fingerprint density at radius 3 is 2.81 bits per heavy atom. The molecule has 1 N–H and O–H groups in total. The Labute approximate surface area is 124 Å². The van der Waals surface area contributed by atoms with Crippen molar-refractivity contribution >= 4 is 22.7 Å². The van der Waals surface area contributed by atoms with Crippen LogP contribution < -0.4 is 5.56 Å². The molecule has 3 aromatic rings. The molecule has 0 saturated carbocycles. The largest absolute Gasteiger partial charge is 0.301 e. The fraction of sp³-hybridized carbons (Fsp3) is 0.0667. The summed E-state index contributed by atoms with van der Waals surface area (Å²) in [6.07, 6.45) is 0. The average Bonchev–Trinajstić information content (AvgIpc) is 2.45. The van der Waals surface area contributed by atoms with Crippen LogP contribution in [-0.2, 0) is 0 Å². The van der Waals surface area contributed by atoms with Crippen molar-refractivity contribution in [3.8, 4) is 6.07 Å². The minimum absolute atomic E-state index is 0.203. The normalized spacial score (nSPS) is 10.5. The Morgan fingerprint density at radius 2 is 2.05 bits per heavy atom. The van der Waals surface area contributed by atoms with E-state index < -0.39 is 0 Å². The highest BCUT2D eigenvalue weighted by molar-refractivity contribution is 7.99. The summed E-state index contributed by atoms with van der Waals surface area (Å²) in [6.45, 7) is 1.76. The van der Waals surface area contributed by atoms with Crippen LogP contribution in [0.25, 0.3) is 10.9 Å². The van der Waals surface area contributed by atoms with Gasteiger partial charge in [-0.2, -0.15) is 5.26 Å². The van der Waals surface area contributed by atoms with E-state index in [1.54, 1.807) is 13.0 Å². The first kappa shape index (κ1) is 13.3. The number of H-pyrrole nitrogens is 1. The third-order valence-corrected chi connectivity index (χ3v) is 3.67. The molecular weight excluding hydrogens is 284 g/mol. The van der Waals surface area contributed by atoms with Crippen LogP contribution in [-0.4, -0.2) is 15.0 Å². The molecule has 0 amide bonds. The summed E-state index contributed by atoms with van der Waals surface area (Å²) in [5.74, 6) is 0. The second-order valence-electron chi connectivity index (χ2n) is 4.43. The smallest absolute Gasteiger partial charge is 0.251 e. The lowest BCUT2D eigenvalue weighted by Crippen LogP contribution is -2.08. The Bertz CT molecular complexity index is 927. The molecule has 0 aliphatic rings. The molecule has 0 spiro atoms. The van der Waals surface area contributed by atoms with Crippen molar-refractivity contribution in [3.05, 3.63) is 58.0 Å². The van der Waals surface area contributed by atoms with Gasteiger partial charge in [0.15, 0.2) is 5.16 Å². The summed E-state index contributed by atoms with van der Waals surface area (Å²) in [6, 6.07) is 12.8. The summed E-state index contributed by atoms with van der Waals surface area (Å²) < 4.78 is 0. The Kier molecular flexibility index (Phi) is 3.42. The van der Waals surface area contributed by atoms with E-state index in [-0.39, 0.29) is 5.56 Å². The maximum atomic E-state index is 11.5. The average molecular weight is 294 g/mol. The SMILES string of the molecule is Cc1cc(=O)[nH]c(Sc2cc(C#N)c3ccccc3n2)n1. The standard InChI is InChI=1S/C15H10N4OS/c1-9-6-13(20)19-15(17-9)21-14-7-10(8-16)11-4-2-3-5-12(11)18-14/h2-7H,1H3,(H,17,19,20). The molecule has 0 unspecified atom stereocenters. The zero-order chi connectivity index (χ0) is 14.8. The van der Waals surface area contributed by atoms with Gasteiger partial charge in [-0.15, -0.1) is 0 Å². The van der Waals surface area contributed by atoms with E-state index in [0.29, 0.717) is 21.4 Å². The van der Waals surface area contributed by atoms with E-state index in [0.717, 1.165) is 10.9 Å². The summed E-state index contributed by atoms with van der Waals surface area (Å²) in [5.41, 5.74) is 1.74. The number of hydrogen-bond donors (Lipinski definition) is 1. The van der Waals surface area contributed by atoms with Crippen LogP contribution in [0.5, 0.6) is 0 Å². The van der Waals surface area contributed by atoms with Crippen molar-refractivity contribution in [1.82, 2.24) is 15.0 Å². The van der Waals surface area contributed by atoms with E-state index in [1.165, 1.54) is 17.8 Å². The summed E-state index contributed by atoms with van der Waals surface area (Å²) in [5, 5.41) is 11.2. The molecule has 6 heteroatoms. The van der Waals surface area contributed by atoms with Gasteiger partial charge in [-0.05, 0) is 30.8 Å². The lowest BCUT2D eigenvalue weighted by atomic mass is 10.1. The molecule has 2 aromatic heterocycles. The third kappa shape index (κ3) is 2.78. The van der Waals surface area contributed by atoms with Gasteiger partial charge in [0.1, 0.15) is 5.03 Å². The zero-order valence-corrected chi connectivity index (χ0v) is 11.9. The highest BCUT2D eigenvalue weighted by Gasteiger charge is 2.08. The lowest BCUT2D eigenvalue weighted by Gasteiger charge is -2.04. The summed E-state index contributed by atoms with van der Waals surface area (Å²) in [4.78, 5) is 22.8. The van der Waals surface area contributed by atoms with E-state index in [1.807, 2.05) is 24.3 Å². The van der Waals surface area contributed by atoms with E-state index >= 15 is 0 Å². The number of benzene rings is 1. The number of nitrogens with zero attached hydrogens (tertiary/aromatic N) is 3. The maximum Gasteiger partial charge on any atom is 0.251 e. The van der Waals surface area contributed by atoms with Crippen molar-refractivity contribution in [2.75, 3.05) is 0 Å². The molecular formula is C15H10N4OS. The van der Waals surface area contributed by atoms with Gasteiger partial charge in [-0.1, -0.05) is 18.2 Å². The van der Waals surface area contributed by atoms with E-state index in [4.69, 9.17) is 0 Å². The molecule has 2 heterocycles. The van der Waals surface area contributed by atoms with Gasteiger partial charge in [-0.25, -0.2) is 9.97 Å². The first-order chi connectivity index (χ1) is 10.2. The zero-order valence-electron chi connectivity index (χ0n) is 11.1. The van der Waals surface area contributed by atoms with Crippen molar-refractivity contribution in [2.24, 2.45) is 0 Å². The second-order valence-corrected chi connectivity index (χ2v) is 5.44. The molecule has 0 bridgehead atoms. The van der Waals surface area contributed by atoms with E-state index in [9.17, 15) is 10.1 Å². The predicted molar refractivity (Wildman–Crippen MR) is 80.2 cm³/mol. The number of aromatic nitrogens is 3. The minimum Gasteiger partial charge on any atom is -0.301 e. The highest BCUT2D eigenvalue weighted by atomic mass is 32.2. The molecule has 1 aromatic carbocycles. The number of hydrogen-bond acceptors (Lipinski definition) is 5. The van der Waals surface area contributed by atoms with Gasteiger partial charge in [0.2, 0.25) is 0 Å². The molecule has 102 valence electrons. The summed E-state index contributed by atoms with van der Waals surface area (Å²) >= 11 is 1.23. The Morgan fingerprint density at radius 1 is 1.24 bits per heavy atom. The lowest BCUT2D eigenvalue weighted by molar-refractivity contribution is 0.902. The first-order valence-corrected chi connectivity index (χ1v) is 7.03. The molecule has 0 fully saturated rings. The molecule has 0 atom stereocenters. The predicted octanol–water partition coefficient (Wildman–Crippen LogP) is 2.65. The van der Waals surface area contributed by atoms with Crippen LogP contribution in [0.4, 0.5) is 0 Å². The monoisotopic (exact) mass is 294 g/mol. The molecule has 0 saturated heterocycles. The van der Waals surface area contributed by atoms with Crippen LogP contribution in [0.2, 0.25) is 0 Å². The summed E-state index contributed by atoms with van der Waals surface area (Å²) in [7, 11) is 0. The highest BCUT2D eigenvalue weighted by Crippen LogP contribution is 2.26. The number of aromatic amines is 1. The van der Waals surface area contributed by atoms with Crippen LogP contribution in [0, 0.1) is 18.3 Å². The van der Waals surface area contributed by atoms with Gasteiger partial charge in [0, 0.05) is 17.1 Å².